The number of hydrogen-bond acceptors (Lipinski definition) is 5. The van der Waals surface area contributed by atoms with Gasteiger partial charge in [-0.2, -0.15) is 5.10 Å². The first-order valence-electron chi connectivity index (χ1n) is 9.53. The van der Waals surface area contributed by atoms with Gasteiger partial charge in [-0.25, -0.2) is 18.3 Å². The first-order valence-corrected chi connectivity index (χ1v) is 9.53. The van der Waals surface area contributed by atoms with Crippen molar-refractivity contribution in [1.29, 1.82) is 0 Å². The van der Waals surface area contributed by atoms with Crippen molar-refractivity contribution in [2.45, 2.75) is 6.43 Å². The number of nitrogens with zero attached hydrogens (tertiary/aromatic N) is 3. The summed E-state index contributed by atoms with van der Waals surface area (Å²) >= 11 is 0. The fourth-order valence-corrected chi connectivity index (χ4v) is 3.38. The van der Waals surface area contributed by atoms with E-state index in [0.717, 1.165) is 4.52 Å². The molecule has 1 amide bonds. The Morgan fingerprint density at radius 3 is 2.58 bits per heavy atom. The lowest BCUT2D eigenvalue weighted by Crippen LogP contribution is -2.16. The molecule has 0 bridgehead atoms. The second-order valence-electron chi connectivity index (χ2n) is 6.84. The normalized spacial score (nSPS) is 12.9. The summed E-state index contributed by atoms with van der Waals surface area (Å²) < 4.78 is 39.4. The standard InChI is InChI=1S/C22H16F2N4O3/c23-20(24)17-11-16(13-4-2-1-3-5-13)27-21-15(12-25-28(17)21)22(29)26-14-6-7-18-19(10-14)31-9-8-30-18/h1-7,10-12,20H,8-9H2,(H,26,29). The van der Waals surface area contributed by atoms with Crippen molar-refractivity contribution in [3.8, 4) is 22.8 Å². The Morgan fingerprint density at radius 2 is 1.81 bits per heavy atom. The van der Waals surface area contributed by atoms with Gasteiger partial charge in [0.2, 0.25) is 0 Å². The van der Waals surface area contributed by atoms with Gasteiger partial charge in [-0.05, 0) is 18.2 Å². The van der Waals surface area contributed by atoms with Crippen molar-refractivity contribution in [2.75, 3.05) is 18.5 Å². The van der Waals surface area contributed by atoms with E-state index in [1.165, 1.54) is 12.3 Å². The zero-order valence-corrected chi connectivity index (χ0v) is 16.1. The van der Waals surface area contributed by atoms with Gasteiger partial charge in [0.1, 0.15) is 24.5 Å². The summed E-state index contributed by atoms with van der Waals surface area (Å²) in [6.45, 7) is 0.879. The van der Waals surface area contributed by atoms with E-state index < -0.39 is 12.3 Å². The topological polar surface area (TPSA) is 77.8 Å². The van der Waals surface area contributed by atoms with Crippen LogP contribution in [0.4, 0.5) is 14.5 Å². The quantitative estimate of drug-likeness (QED) is 0.529. The van der Waals surface area contributed by atoms with E-state index >= 15 is 0 Å². The Kier molecular flexibility index (Phi) is 4.70. The Bertz CT molecular complexity index is 1270. The third-order valence-electron chi connectivity index (χ3n) is 4.84. The molecule has 0 saturated heterocycles. The van der Waals surface area contributed by atoms with Crippen LogP contribution in [0.15, 0.2) is 60.8 Å². The molecule has 7 nitrogen and oxygen atoms in total. The minimum absolute atomic E-state index is 0.0479. The highest BCUT2D eigenvalue weighted by atomic mass is 19.3. The molecule has 31 heavy (non-hydrogen) atoms. The number of nitrogens with one attached hydrogen (secondary N) is 1. The van der Waals surface area contributed by atoms with Crippen LogP contribution in [-0.4, -0.2) is 33.7 Å². The average Bonchev–Trinajstić information content (AvgIpc) is 3.23. The molecule has 1 aliphatic rings. The van der Waals surface area contributed by atoms with Gasteiger partial charge < -0.3 is 14.8 Å². The molecule has 0 unspecified atom stereocenters. The zero-order chi connectivity index (χ0) is 21.4. The van der Waals surface area contributed by atoms with Gasteiger partial charge in [-0.1, -0.05) is 30.3 Å². The molecule has 1 aliphatic heterocycles. The number of halogens is 2. The van der Waals surface area contributed by atoms with E-state index in [-0.39, 0.29) is 16.9 Å². The van der Waals surface area contributed by atoms with Crippen LogP contribution in [0, 0.1) is 0 Å². The maximum absolute atomic E-state index is 13.7. The number of hydrogen-bond donors (Lipinski definition) is 1. The lowest BCUT2D eigenvalue weighted by atomic mass is 10.1. The molecule has 2 aromatic heterocycles. The van der Waals surface area contributed by atoms with Crippen LogP contribution >= 0.6 is 0 Å². The third kappa shape index (κ3) is 3.54. The van der Waals surface area contributed by atoms with E-state index in [1.807, 2.05) is 6.07 Å². The number of ether oxygens (including phenoxy) is 2. The molecular formula is C22H16F2N4O3. The number of benzene rings is 2. The van der Waals surface area contributed by atoms with Gasteiger partial charge >= 0.3 is 0 Å². The number of aromatic nitrogens is 3. The van der Waals surface area contributed by atoms with E-state index in [2.05, 4.69) is 15.4 Å². The summed E-state index contributed by atoms with van der Waals surface area (Å²) in [7, 11) is 0. The molecule has 0 atom stereocenters. The molecule has 9 heteroatoms. The predicted octanol–water partition coefficient (Wildman–Crippen LogP) is 4.36. The van der Waals surface area contributed by atoms with Crippen LogP contribution in [0.25, 0.3) is 16.9 Å². The second-order valence-corrected chi connectivity index (χ2v) is 6.84. The number of alkyl halides is 2. The van der Waals surface area contributed by atoms with Crippen LogP contribution < -0.4 is 14.8 Å². The molecule has 3 heterocycles. The summed E-state index contributed by atoms with van der Waals surface area (Å²) in [5, 5.41) is 6.72. The fraction of sp³-hybridized carbons (Fsp3) is 0.136. The summed E-state index contributed by atoms with van der Waals surface area (Å²) in [6.07, 6.45) is -1.56. The Hall–Kier alpha value is -4.01. The number of fused-ring (bicyclic) bond motifs is 2. The molecule has 0 spiro atoms. The van der Waals surface area contributed by atoms with Crippen molar-refractivity contribution in [2.24, 2.45) is 0 Å². The smallest absolute Gasteiger partial charge is 0.280 e. The number of carbonyl (C=O) groups excluding carboxylic acids is 1. The average molecular weight is 422 g/mol. The molecule has 156 valence electrons. The number of amides is 1. The Morgan fingerprint density at radius 1 is 1.03 bits per heavy atom. The Labute approximate surface area is 175 Å². The first-order chi connectivity index (χ1) is 15.1. The van der Waals surface area contributed by atoms with Crippen molar-refractivity contribution in [3.63, 3.8) is 0 Å². The lowest BCUT2D eigenvalue weighted by Gasteiger charge is -2.18. The SMILES string of the molecule is O=C(Nc1ccc2c(c1)OCCO2)c1cnn2c(C(F)F)cc(-c3ccccc3)nc12. The summed E-state index contributed by atoms with van der Waals surface area (Å²) in [5.41, 5.74) is 1.24. The van der Waals surface area contributed by atoms with Gasteiger partial charge in [0.25, 0.3) is 12.3 Å². The molecular weight excluding hydrogens is 406 g/mol. The molecule has 0 radical (unpaired) electrons. The first kappa shape index (κ1) is 19.0. The van der Waals surface area contributed by atoms with E-state index in [0.29, 0.717) is 41.7 Å². The third-order valence-corrected chi connectivity index (χ3v) is 4.84. The monoisotopic (exact) mass is 422 g/mol. The second kappa shape index (κ2) is 7.67. The van der Waals surface area contributed by atoms with E-state index in [4.69, 9.17) is 9.47 Å². The molecule has 5 rings (SSSR count). The number of carbonyl (C=O) groups is 1. The van der Waals surface area contributed by atoms with E-state index in [1.54, 1.807) is 42.5 Å². The summed E-state index contributed by atoms with van der Waals surface area (Å²) in [4.78, 5) is 17.4. The van der Waals surface area contributed by atoms with Crippen LogP contribution in [0.5, 0.6) is 11.5 Å². The van der Waals surface area contributed by atoms with Crippen LogP contribution in [0.3, 0.4) is 0 Å². The lowest BCUT2D eigenvalue weighted by molar-refractivity contribution is 0.102. The van der Waals surface area contributed by atoms with Crippen LogP contribution in [0.1, 0.15) is 22.5 Å². The van der Waals surface area contributed by atoms with Gasteiger partial charge in [0, 0.05) is 17.3 Å². The van der Waals surface area contributed by atoms with E-state index in [9.17, 15) is 13.6 Å². The van der Waals surface area contributed by atoms with Crippen LogP contribution in [-0.2, 0) is 0 Å². The molecule has 0 fully saturated rings. The van der Waals surface area contributed by atoms with Gasteiger partial charge in [-0.15, -0.1) is 0 Å². The van der Waals surface area contributed by atoms with Crippen molar-refractivity contribution in [3.05, 3.63) is 72.1 Å². The molecule has 2 aromatic carbocycles. The van der Waals surface area contributed by atoms with Crippen molar-refractivity contribution in [1.82, 2.24) is 14.6 Å². The van der Waals surface area contributed by atoms with Gasteiger partial charge in [0.05, 0.1) is 11.9 Å². The number of rotatable bonds is 4. The Balaban J connectivity index is 1.53. The molecule has 1 N–H and O–H groups in total. The molecule has 0 aliphatic carbocycles. The fourth-order valence-electron chi connectivity index (χ4n) is 3.38. The number of anilines is 1. The maximum Gasteiger partial charge on any atom is 0.280 e. The van der Waals surface area contributed by atoms with Crippen LogP contribution in [0.2, 0.25) is 0 Å². The minimum Gasteiger partial charge on any atom is -0.486 e. The molecule has 4 aromatic rings. The van der Waals surface area contributed by atoms with Gasteiger partial charge in [-0.3, -0.25) is 4.79 Å². The van der Waals surface area contributed by atoms with Crippen molar-refractivity contribution < 1.29 is 23.0 Å². The highest BCUT2D eigenvalue weighted by molar-refractivity contribution is 6.08. The molecule has 0 saturated carbocycles. The zero-order valence-electron chi connectivity index (χ0n) is 16.1. The van der Waals surface area contributed by atoms with Gasteiger partial charge in [0.15, 0.2) is 17.1 Å². The largest absolute Gasteiger partial charge is 0.486 e. The summed E-state index contributed by atoms with van der Waals surface area (Å²) in [5.74, 6) is 0.592. The predicted molar refractivity (Wildman–Crippen MR) is 109 cm³/mol. The maximum atomic E-state index is 13.7. The minimum atomic E-state index is -2.79. The van der Waals surface area contributed by atoms with Crippen molar-refractivity contribution >= 4 is 17.2 Å². The highest BCUT2D eigenvalue weighted by Gasteiger charge is 2.22. The summed E-state index contributed by atoms with van der Waals surface area (Å²) in [6, 6.07) is 15.2. The highest BCUT2D eigenvalue weighted by Crippen LogP contribution is 2.33.